The Morgan fingerprint density at radius 2 is 2.06 bits per heavy atom. The van der Waals surface area contributed by atoms with Crippen molar-refractivity contribution in [2.45, 2.75) is 12.8 Å². The Morgan fingerprint density at radius 1 is 1.28 bits per heavy atom. The van der Waals surface area contributed by atoms with E-state index < -0.39 is 0 Å². The van der Waals surface area contributed by atoms with Crippen LogP contribution in [0.3, 0.4) is 0 Å². The van der Waals surface area contributed by atoms with E-state index in [1.54, 1.807) is 11.3 Å². The number of hydrogen-bond donors (Lipinski definition) is 1. The van der Waals surface area contributed by atoms with Crippen molar-refractivity contribution in [2.75, 3.05) is 25.6 Å². The van der Waals surface area contributed by atoms with Crippen LogP contribution in [0.5, 0.6) is 0 Å². The first-order chi connectivity index (χ1) is 8.81. The number of hydrogen-bond acceptors (Lipinski definition) is 5. The molecule has 1 N–H and O–H groups in total. The average molecular weight is 260 g/mol. The van der Waals surface area contributed by atoms with Gasteiger partial charge in [0.25, 0.3) is 0 Å². The Bertz CT molecular complexity index is 532. The zero-order valence-corrected chi connectivity index (χ0v) is 11.2. The number of nitrogens with zero attached hydrogens (tertiary/aromatic N) is 3. The van der Waals surface area contributed by atoms with Crippen molar-refractivity contribution in [3.05, 3.63) is 24.3 Å². The van der Waals surface area contributed by atoms with Crippen LogP contribution >= 0.6 is 11.3 Å². The molecule has 0 spiro atoms. The van der Waals surface area contributed by atoms with Gasteiger partial charge >= 0.3 is 0 Å². The number of piperidine rings is 1. The summed E-state index contributed by atoms with van der Waals surface area (Å²) in [5.41, 5.74) is 5.37. The smallest absolute Gasteiger partial charge is 0.204 e. The third-order valence-corrected chi connectivity index (χ3v) is 4.11. The van der Waals surface area contributed by atoms with Crippen LogP contribution in [0, 0.1) is 0 Å². The molecule has 94 valence electrons. The first-order valence-electron chi connectivity index (χ1n) is 6.17. The van der Waals surface area contributed by atoms with Crippen molar-refractivity contribution in [1.82, 2.24) is 9.88 Å². The standard InChI is InChI=1S/C13H16N4S/c1-17-8-6-10(7-9-17)15-16-13-14-11-4-2-3-5-12(11)18-13/h2-5H,6-9H2,1H3,(H,14,16). The molecule has 1 aliphatic rings. The number of thiazole rings is 1. The van der Waals surface area contributed by atoms with E-state index in [0.29, 0.717) is 0 Å². The monoisotopic (exact) mass is 260 g/mol. The fraction of sp³-hybridized carbons (Fsp3) is 0.385. The van der Waals surface area contributed by atoms with Crippen molar-refractivity contribution in [3.63, 3.8) is 0 Å². The highest BCUT2D eigenvalue weighted by Crippen LogP contribution is 2.25. The van der Waals surface area contributed by atoms with E-state index in [9.17, 15) is 0 Å². The molecule has 4 nitrogen and oxygen atoms in total. The first kappa shape index (κ1) is 11.6. The number of anilines is 1. The number of nitrogens with one attached hydrogen (secondary N) is 1. The van der Waals surface area contributed by atoms with Crippen molar-refractivity contribution in [2.24, 2.45) is 5.10 Å². The zero-order chi connectivity index (χ0) is 12.4. The van der Waals surface area contributed by atoms with Gasteiger partial charge in [0.15, 0.2) is 0 Å². The Morgan fingerprint density at radius 3 is 2.83 bits per heavy atom. The predicted molar refractivity (Wildman–Crippen MR) is 77.4 cm³/mol. The van der Waals surface area contributed by atoms with Crippen LogP contribution < -0.4 is 5.43 Å². The van der Waals surface area contributed by atoms with Gasteiger partial charge in [0, 0.05) is 31.6 Å². The quantitative estimate of drug-likeness (QED) is 0.844. The summed E-state index contributed by atoms with van der Waals surface area (Å²) in [5, 5.41) is 5.35. The van der Waals surface area contributed by atoms with Crippen LogP contribution in [0.4, 0.5) is 5.13 Å². The number of fused-ring (bicyclic) bond motifs is 1. The van der Waals surface area contributed by atoms with Crippen molar-refractivity contribution in [3.8, 4) is 0 Å². The van der Waals surface area contributed by atoms with Crippen LogP contribution in [0.25, 0.3) is 10.2 Å². The van der Waals surface area contributed by atoms with Crippen LogP contribution in [0.1, 0.15) is 12.8 Å². The number of benzene rings is 1. The lowest BCUT2D eigenvalue weighted by molar-refractivity contribution is 0.336. The van der Waals surface area contributed by atoms with E-state index in [-0.39, 0.29) is 0 Å². The van der Waals surface area contributed by atoms with E-state index in [0.717, 1.165) is 36.6 Å². The van der Waals surface area contributed by atoms with Crippen molar-refractivity contribution < 1.29 is 0 Å². The SMILES string of the molecule is CN1CCC(=NNc2nc3ccccc3s2)CC1. The van der Waals surface area contributed by atoms with Crippen LogP contribution in [0.15, 0.2) is 29.4 Å². The van der Waals surface area contributed by atoms with Gasteiger partial charge in [0.2, 0.25) is 5.13 Å². The van der Waals surface area contributed by atoms with Gasteiger partial charge in [-0.3, -0.25) is 5.43 Å². The number of para-hydroxylation sites is 1. The summed E-state index contributed by atoms with van der Waals surface area (Å²) in [6, 6.07) is 8.16. The molecule has 1 aliphatic heterocycles. The number of hydrazone groups is 1. The summed E-state index contributed by atoms with van der Waals surface area (Å²) in [6.45, 7) is 2.20. The molecule has 0 amide bonds. The molecule has 0 aliphatic carbocycles. The maximum Gasteiger partial charge on any atom is 0.204 e. The summed E-state index contributed by atoms with van der Waals surface area (Å²) in [7, 11) is 2.15. The number of likely N-dealkylation sites (tertiary alicyclic amines) is 1. The molecular formula is C13H16N4S. The van der Waals surface area contributed by atoms with E-state index >= 15 is 0 Å². The fourth-order valence-electron chi connectivity index (χ4n) is 2.04. The molecule has 1 fully saturated rings. The Labute approximate surface area is 110 Å². The summed E-state index contributed by atoms with van der Waals surface area (Å²) in [5.74, 6) is 0. The molecule has 0 saturated carbocycles. The maximum atomic E-state index is 4.50. The number of rotatable bonds is 2. The largest absolute Gasteiger partial charge is 0.306 e. The average Bonchev–Trinajstić information content (AvgIpc) is 2.81. The van der Waals surface area contributed by atoms with Gasteiger partial charge in [-0.05, 0) is 19.2 Å². The summed E-state index contributed by atoms with van der Waals surface area (Å²) in [6.07, 6.45) is 2.10. The van der Waals surface area contributed by atoms with Gasteiger partial charge in [-0.1, -0.05) is 23.5 Å². The molecule has 0 bridgehead atoms. The minimum absolute atomic E-state index is 0.877. The molecule has 18 heavy (non-hydrogen) atoms. The van der Waals surface area contributed by atoms with Gasteiger partial charge in [-0.2, -0.15) is 5.10 Å². The van der Waals surface area contributed by atoms with Gasteiger partial charge < -0.3 is 4.90 Å². The Hall–Kier alpha value is -1.46. The minimum Gasteiger partial charge on any atom is -0.306 e. The Balaban J connectivity index is 1.71. The van der Waals surface area contributed by atoms with E-state index in [1.807, 2.05) is 18.2 Å². The van der Waals surface area contributed by atoms with Crippen molar-refractivity contribution >= 4 is 32.4 Å². The van der Waals surface area contributed by atoms with Crippen LogP contribution in [0.2, 0.25) is 0 Å². The summed E-state index contributed by atoms with van der Waals surface area (Å²) in [4.78, 5) is 6.83. The highest BCUT2D eigenvalue weighted by molar-refractivity contribution is 7.22. The maximum absolute atomic E-state index is 4.50. The predicted octanol–water partition coefficient (Wildman–Crippen LogP) is 2.79. The zero-order valence-electron chi connectivity index (χ0n) is 10.4. The molecule has 0 radical (unpaired) electrons. The molecule has 5 heteroatoms. The second-order valence-corrected chi connectivity index (χ2v) is 5.61. The van der Waals surface area contributed by atoms with E-state index in [4.69, 9.17) is 0 Å². The molecular weight excluding hydrogens is 244 g/mol. The van der Waals surface area contributed by atoms with Gasteiger partial charge in [0.05, 0.1) is 10.2 Å². The fourth-order valence-corrected chi connectivity index (χ4v) is 2.84. The second kappa shape index (κ2) is 5.04. The molecule has 1 saturated heterocycles. The molecule has 1 aromatic heterocycles. The van der Waals surface area contributed by atoms with Gasteiger partial charge in [-0.25, -0.2) is 4.98 Å². The molecule has 1 aromatic carbocycles. The lowest BCUT2D eigenvalue weighted by Crippen LogP contribution is -2.30. The summed E-state index contributed by atoms with van der Waals surface area (Å²) < 4.78 is 1.20. The molecule has 0 atom stereocenters. The lowest BCUT2D eigenvalue weighted by Gasteiger charge is -2.22. The highest BCUT2D eigenvalue weighted by Gasteiger charge is 2.11. The minimum atomic E-state index is 0.877. The molecule has 2 aromatic rings. The number of aromatic nitrogens is 1. The highest BCUT2D eigenvalue weighted by atomic mass is 32.1. The third-order valence-electron chi connectivity index (χ3n) is 3.17. The van der Waals surface area contributed by atoms with Crippen LogP contribution in [-0.4, -0.2) is 35.7 Å². The third kappa shape index (κ3) is 2.52. The first-order valence-corrected chi connectivity index (χ1v) is 6.98. The van der Waals surface area contributed by atoms with E-state index in [1.165, 1.54) is 10.4 Å². The lowest BCUT2D eigenvalue weighted by atomic mass is 10.1. The molecule has 3 rings (SSSR count). The summed E-state index contributed by atoms with van der Waals surface area (Å²) >= 11 is 1.65. The second-order valence-electron chi connectivity index (χ2n) is 4.58. The van der Waals surface area contributed by atoms with Crippen molar-refractivity contribution in [1.29, 1.82) is 0 Å². The van der Waals surface area contributed by atoms with Gasteiger partial charge in [0.1, 0.15) is 0 Å². The normalized spacial score (nSPS) is 17.1. The Kier molecular flexibility index (Phi) is 3.25. The van der Waals surface area contributed by atoms with E-state index in [2.05, 4.69) is 33.5 Å². The topological polar surface area (TPSA) is 40.5 Å². The van der Waals surface area contributed by atoms with Gasteiger partial charge in [-0.15, -0.1) is 0 Å². The van der Waals surface area contributed by atoms with Crippen LogP contribution in [-0.2, 0) is 0 Å². The molecule has 0 unspecified atom stereocenters. The molecule has 2 heterocycles.